The maximum Gasteiger partial charge on any atom is 0.426 e. The first-order valence-electron chi connectivity index (χ1n) is 9.37. The van der Waals surface area contributed by atoms with Gasteiger partial charge in [0.2, 0.25) is 0 Å². The van der Waals surface area contributed by atoms with E-state index in [1.54, 1.807) is 0 Å². The largest absolute Gasteiger partial charge is 0.429 e. The number of halogens is 11. The molecule has 12 heteroatoms. The Balaban J connectivity index is 1.94. The highest BCUT2D eigenvalue weighted by Crippen LogP contribution is 2.39. The second-order valence-corrected chi connectivity index (χ2v) is 7.12. The molecule has 3 rings (SSSR count). The van der Waals surface area contributed by atoms with Crippen molar-refractivity contribution >= 4 is 5.83 Å². The van der Waals surface area contributed by atoms with E-state index in [2.05, 4.69) is 4.74 Å². The van der Waals surface area contributed by atoms with Crippen molar-refractivity contribution in [3.63, 3.8) is 0 Å². The van der Waals surface area contributed by atoms with Gasteiger partial charge in [-0.1, -0.05) is 12.1 Å². The van der Waals surface area contributed by atoms with Gasteiger partial charge in [0.05, 0.1) is 11.1 Å². The van der Waals surface area contributed by atoms with Crippen LogP contribution in [0.4, 0.5) is 48.3 Å². The van der Waals surface area contributed by atoms with Gasteiger partial charge < -0.3 is 4.74 Å². The van der Waals surface area contributed by atoms with E-state index in [4.69, 9.17) is 0 Å². The molecule has 0 N–H and O–H groups in total. The van der Waals surface area contributed by atoms with Crippen LogP contribution in [0.3, 0.4) is 0 Å². The zero-order valence-corrected chi connectivity index (χ0v) is 17.2. The Bertz CT molecular complexity index is 1240. The van der Waals surface area contributed by atoms with Crippen molar-refractivity contribution in [3.8, 4) is 16.9 Å². The molecular weight excluding hydrogens is 501 g/mol. The summed E-state index contributed by atoms with van der Waals surface area (Å²) in [5.74, 6) is -11.2. The van der Waals surface area contributed by atoms with Gasteiger partial charge >= 0.3 is 12.3 Å². The summed E-state index contributed by atoms with van der Waals surface area (Å²) in [4.78, 5) is 0. The predicted molar refractivity (Wildman–Crippen MR) is 102 cm³/mol. The summed E-state index contributed by atoms with van der Waals surface area (Å²) in [5.41, 5.74) is -5.69. The van der Waals surface area contributed by atoms with Crippen LogP contribution in [0.5, 0.6) is 5.75 Å². The van der Waals surface area contributed by atoms with Crippen molar-refractivity contribution < 1.29 is 53.0 Å². The number of hydrogen-bond acceptors (Lipinski definition) is 1. The Hall–Kier alpha value is -3.57. The molecule has 0 aliphatic heterocycles. The van der Waals surface area contributed by atoms with Gasteiger partial charge in [-0.05, 0) is 36.8 Å². The molecule has 186 valence electrons. The van der Waals surface area contributed by atoms with Crippen LogP contribution in [0.25, 0.3) is 17.0 Å². The Morgan fingerprint density at radius 2 is 1.20 bits per heavy atom. The summed E-state index contributed by atoms with van der Waals surface area (Å²) in [5, 5.41) is 0. The quantitative estimate of drug-likeness (QED) is 0.311. The fourth-order valence-corrected chi connectivity index (χ4v) is 3.09. The SMILES string of the molecule is CC(F)=C(F)c1ccc(C(F)(F)Oc2cc(F)c(-c3cc(F)c(C(F)(F)F)c(F)c3)c(F)c2)cc1. The van der Waals surface area contributed by atoms with Gasteiger partial charge in [0.1, 0.15) is 40.4 Å². The lowest BCUT2D eigenvalue weighted by Crippen LogP contribution is -2.22. The minimum absolute atomic E-state index is 0.0385. The second-order valence-electron chi connectivity index (χ2n) is 7.12. The van der Waals surface area contributed by atoms with Crippen LogP contribution >= 0.6 is 0 Å². The van der Waals surface area contributed by atoms with Crippen molar-refractivity contribution in [2.24, 2.45) is 0 Å². The minimum Gasteiger partial charge on any atom is -0.429 e. The van der Waals surface area contributed by atoms with Gasteiger partial charge in [-0.15, -0.1) is 0 Å². The van der Waals surface area contributed by atoms with E-state index in [-0.39, 0.29) is 29.8 Å². The van der Waals surface area contributed by atoms with E-state index in [0.717, 1.165) is 19.1 Å². The molecule has 0 saturated carbocycles. The van der Waals surface area contributed by atoms with Crippen molar-refractivity contribution in [1.29, 1.82) is 0 Å². The Labute approximate surface area is 190 Å². The normalized spacial score (nSPS) is 13.0. The van der Waals surface area contributed by atoms with Crippen LogP contribution in [-0.4, -0.2) is 0 Å². The van der Waals surface area contributed by atoms with Crippen LogP contribution in [0, 0.1) is 23.3 Å². The number of alkyl halides is 5. The van der Waals surface area contributed by atoms with Crippen LogP contribution in [-0.2, 0) is 12.3 Å². The van der Waals surface area contributed by atoms with Crippen molar-refractivity contribution in [2.45, 2.75) is 19.2 Å². The first-order valence-corrected chi connectivity index (χ1v) is 9.37. The molecule has 0 atom stereocenters. The summed E-state index contributed by atoms with van der Waals surface area (Å²) in [6.07, 6.45) is -9.64. The first-order chi connectivity index (χ1) is 16.1. The van der Waals surface area contributed by atoms with Gasteiger partial charge in [0.25, 0.3) is 0 Å². The van der Waals surface area contributed by atoms with Gasteiger partial charge in [0, 0.05) is 17.7 Å². The summed E-state index contributed by atoms with van der Waals surface area (Å²) in [6, 6.07) is 3.49. The van der Waals surface area contributed by atoms with E-state index in [9.17, 15) is 48.3 Å². The highest BCUT2D eigenvalue weighted by Gasteiger charge is 2.39. The molecule has 3 aromatic carbocycles. The fraction of sp³-hybridized carbons (Fsp3) is 0.130. The highest BCUT2D eigenvalue weighted by molar-refractivity contribution is 5.67. The van der Waals surface area contributed by atoms with Crippen molar-refractivity contribution in [1.82, 2.24) is 0 Å². The number of ether oxygens (including phenoxy) is 1. The summed E-state index contributed by atoms with van der Waals surface area (Å²) >= 11 is 0. The molecule has 0 aliphatic carbocycles. The molecule has 35 heavy (non-hydrogen) atoms. The topological polar surface area (TPSA) is 9.23 Å². The lowest BCUT2D eigenvalue weighted by atomic mass is 10.0. The monoisotopic (exact) mass is 512 g/mol. The summed E-state index contributed by atoms with van der Waals surface area (Å²) < 4.78 is 154. The third-order valence-corrected chi connectivity index (χ3v) is 4.65. The van der Waals surface area contributed by atoms with Gasteiger partial charge in [-0.2, -0.15) is 22.0 Å². The van der Waals surface area contributed by atoms with Gasteiger partial charge in [0.15, 0.2) is 5.83 Å². The Morgan fingerprint density at radius 3 is 1.63 bits per heavy atom. The fourth-order valence-electron chi connectivity index (χ4n) is 3.09. The molecule has 0 spiro atoms. The minimum atomic E-state index is -5.42. The Kier molecular flexibility index (Phi) is 6.87. The third-order valence-electron chi connectivity index (χ3n) is 4.65. The molecule has 3 aromatic rings. The molecule has 0 heterocycles. The van der Waals surface area contributed by atoms with E-state index in [0.29, 0.717) is 12.1 Å². The van der Waals surface area contributed by atoms with Crippen LogP contribution in [0.15, 0.2) is 54.4 Å². The molecule has 0 saturated heterocycles. The maximum absolute atomic E-state index is 14.5. The molecule has 0 bridgehead atoms. The highest BCUT2D eigenvalue weighted by atomic mass is 19.4. The third kappa shape index (κ3) is 5.41. The standard InChI is InChI=1S/C23H11F11O/c1-10(24)21(29)11-2-4-13(5-3-11)23(33,34)35-14-8-15(25)19(16(26)9-14)12-6-17(27)20(18(28)7-12)22(30,31)32/h2-9H,1H3. The molecule has 0 aromatic heterocycles. The van der Waals surface area contributed by atoms with Crippen LogP contribution in [0.1, 0.15) is 23.6 Å². The molecule has 0 aliphatic rings. The number of hydrogen-bond donors (Lipinski definition) is 0. The molecule has 0 amide bonds. The van der Waals surface area contributed by atoms with Gasteiger partial charge in [-0.3, -0.25) is 0 Å². The molecule has 0 fully saturated rings. The maximum atomic E-state index is 14.5. The van der Waals surface area contributed by atoms with Crippen LogP contribution in [0.2, 0.25) is 0 Å². The zero-order valence-electron chi connectivity index (χ0n) is 17.2. The smallest absolute Gasteiger partial charge is 0.426 e. The van der Waals surface area contributed by atoms with Crippen molar-refractivity contribution in [2.75, 3.05) is 0 Å². The molecular formula is C23H11F11O. The number of rotatable bonds is 5. The molecule has 0 radical (unpaired) electrons. The van der Waals surface area contributed by atoms with Gasteiger partial charge in [-0.25, -0.2) is 26.3 Å². The summed E-state index contributed by atoms with van der Waals surface area (Å²) in [6.45, 7) is 0.807. The summed E-state index contributed by atoms with van der Waals surface area (Å²) in [7, 11) is 0. The first kappa shape index (κ1) is 26.0. The predicted octanol–water partition coefficient (Wildman–Crippen LogP) is 8.68. The van der Waals surface area contributed by atoms with Crippen LogP contribution < -0.4 is 4.74 Å². The van der Waals surface area contributed by atoms with Crippen molar-refractivity contribution in [3.05, 3.63) is 94.3 Å². The van der Waals surface area contributed by atoms with E-state index in [1.165, 1.54) is 0 Å². The molecule has 1 nitrogen and oxygen atoms in total. The van der Waals surface area contributed by atoms with E-state index >= 15 is 0 Å². The van der Waals surface area contributed by atoms with E-state index in [1.807, 2.05) is 0 Å². The average molecular weight is 512 g/mol. The number of allylic oxidation sites excluding steroid dienone is 1. The second kappa shape index (κ2) is 9.23. The number of benzene rings is 3. The van der Waals surface area contributed by atoms with E-state index < -0.39 is 75.2 Å². The molecule has 0 unspecified atom stereocenters. The lowest BCUT2D eigenvalue weighted by molar-refractivity contribution is -0.185. The Morgan fingerprint density at radius 1 is 0.714 bits per heavy atom. The average Bonchev–Trinajstić information content (AvgIpc) is 2.70. The zero-order chi connectivity index (χ0) is 26.3. The lowest BCUT2D eigenvalue weighted by Gasteiger charge is -2.19.